The van der Waals surface area contributed by atoms with E-state index in [1.807, 2.05) is 12.4 Å². The van der Waals surface area contributed by atoms with Crippen LogP contribution in [0.2, 0.25) is 5.02 Å². The summed E-state index contributed by atoms with van der Waals surface area (Å²) in [5, 5.41) is 7.48. The van der Waals surface area contributed by atoms with Gasteiger partial charge in [0.1, 0.15) is 0 Å². The highest BCUT2D eigenvalue weighted by atomic mass is 35.5. The van der Waals surface area contributed by atoms with Crippen LogP contribution in [0.25, 0.3) is 0 Å². The Morgan fingerprint density at radius 2 is 1.83 bits per heavy atom. The van der Waals surface area contributed by atoms with E-state index < -0.39 is 53.2 Å². The van der Waals surface area contributed by atoms with E-state index in [4.69, 9.17) is 11.6 Å². The molecule has 3 N–H and O–H groups in total. The third kappa shape index (κ3) is 7.35. The van der Waals surface area contributed by atoms with Crippen LogP contribution in [0.3, 0.4) is 0 Å². The number of aromatic nitrogens is 1. The van der Waals surface area contributed by atoms with E-state index in [0.29, 0.717) is 19.0 Å². The number of nitrogens with zero attached hydrogens (tertiary/aromatic N) is 3. The van der Waals surface area contributed by atoms with E-state index >= 15 is 0 Å². The number of rotatable bonds is 5. The van der Waals surface area contributed by atoms with Crippen molar-refractivity contribution in [3.8, 4) is 0 Å². The highest BCUT2D eigenvalue weighted by Crippen LogP contribution is 2.36. The molecule has 2 aliphatic rings. The van der Waals surface area contributed by atoms with E-state index in [-0.39, 0.29) is 28.8 Å². The molecule has 1 aliphatic carbocycles. The number of nitrogens with one attached hydrogen (secondary N) is 3. The molecule has 4 amide bonds. The highest BCUT2D eigenvalue weighted by molar-refractivity contribution is 7.13. The predicted octanol–water partition coefficient (Wildman–Crippen LogP) is 2.91. The molecule has 1 aromatic heterocycles. The molecule has 0 unspecified atom stereocenters. The first-order chi connectivity index (χ1) is 19.2. The van der Waals surface area contributed by atoms with Gasteiger partial charge in [0, 0.05) is 55.5 Å². The minimum absolute atomic E-state index is 0.137. The number of anilines is 1. The molecular formula is C26H30ClF3N6O4S. The van der Waals surface area contributed by atoms with Crippen LogP contribution in [0.4, 0.5) is 18.9 Å². The van der Waals surface area contributed by atoms with E-state index in [9.17, 15) is 32.3 Å². The Morgan fingerprint density at radius 1 is 1.10 bits per heavy atom. The summed E-state index contributed by atoms with van der Waals surface area (Å²) in [6, 6.07) is 1.29. The molecule has 1 aromatic carbocycles. The quantitative estimate of drug-likeness (QED) is 0.445. The zero-order valence-corrected chi connectivity index (χ0v) is 24.2. The fourth-order valence-corrected chi connectivity index (χ4v) is 6.28. The first-order valence-corrected chi connectivity index (χ1v) is 14.1. The Balaban J connectivity index is 1.49. The van der Waals surface area contributed by atoms with Gasteiger partial charge in [-0.15, -0.1) is 11.3 Å². The van der Waals surface area contributed by atoms with Crippen molar-refractivity contribution in [3.63, 3.8) is 0 Å². The van der Waals surface area contributed by atoms with Crippen molar-refractivity contribution in [3.05, 3.63) is 44.4 Å². The molecule has 41 heavy (non-hydrogen) atoms. The van der Waals surface area contributed by atoms with Crippen molar-refractivity contribution in [1.29, 1.82) is 0 Å². The molecule has 1 fully saturated rings. The normalized spacial score (nSPS) is 21.0. The number of thiazole rings is 1. The second-order valence-electron chi connectivity index (χ2n) is 10.4. The predicted molar refractivity (Wildman–Crippen MR) is 146 cm³/mol. The molecule has 1 saturated carbocycles. The molecule has 4 rings (SSSR count). The van der Waals surface area contributed by atoms with Crippen molar-refractivity contribution in [2.24, 2.45) is 5.92 Å². The average molecular weight is 615 g/mol. The topological polar surface area (TPSA) is 124 Å². The number of alkyl halides is 3. The summed E-state index contributed by atoms with van der Waals surface area (Å²) in [6.45, 7) is 1.51. The molecule has 10 nitrogen and oxygen atoms in total. The first kappa shape index (κ1) is 30.7. The number of hydrogen-bond acceptors (Lipinski definition) is 7. The molecule has 2 aromatic rings. The molecule has 15 heteroatoms. The lowest BCUT2D eigenvalue weighted by molar-refractivity contribution is -0.139. The number of hydrogen-bond donors (Lipinski definition) is 3. The van der Waals surface area contributed by atoms with Crippen LogP contribution in [-0.2, 0) is 33.5 Å². The van der Waals surface area contributed by atoms with Crippen molar-refractivity contribution in [2.75, 3.05) is 33.0 Å². The Labute approximate surface area is 243 Å². The number of halogens is 4. The molecule has 3 atom stereocenters. The summed E-state index contributed by atoms with van der Waals surface area (Å²) in [5.41, 5.74) is -0.952. The summed E-state index contributed by atoms with van der Waals surface area (Å²) in [4.78, 5) is 60.4. The fraction of sp³-hybridized carbons (Fsp3) is 0.500. The van der Waals surface area contributed by atoms with Gasteiger partial charge in [0.05, 0.1) is 23.0 Å². The lowest BCUT2D eigenvalue weighted by atomic mass is 9.81. The first-order valence-electron chi connectivity index (χ1n) is 12.9. The second kappa shape index (κ2) is 12.3. The number of likely N-dealkylation sites (N-methyl/N-ethyl adjacent to an activating group) is 1. The smallest absolute Gasteiger partial charge is 0.349 e. The Morgan fingerprint density at radius 3 is 2.51 bits per heavy atom. The number of amides is 4. The van der Waals surface area contributed by atoms with Crippen LogP contribution >= 0.6 is 22.9 Å². The van der Waals surface area contributed by atoms with Crippen LogP contribution in [0.1, 0.15) is 45.2 Å². The van der Waals surface area contributed by atoms with Gasteiger partial charge in [-0.1, -0.05) is 11.6 Å². The van der Waals surface area contributed by atoms with Crippen molar-refractivity contribution >= 4 is 52.3 Å². The Kier molecular flexibility index (Phi) is 9.24. The zero-order chi connectivity index (χ0) is 30.1. The van der Waals surface area contributed by atoms with Gasteiger partial charge in [0.25, 0.3) is 5.91 Å². The number of carbonyl (C=O) groups is 4. The molecule has 0 radical (unpaired) electrons. The van der Waals surface area contributed by atoms with Gasteiger partial charge in [0.15, 0.2) is 5.01 Å². The maximum Gasteiger partial charge on any atom is 0.418 e. The number of fused-ring (bicyclic) bond motifs is 1. The summed E-state index contributed by atoms with van der Waals surface area (Å²) in [7, 11) is 5.22. The van der Waals surface area contributed by atoms with Crippen molar-refractivity contribution in [2.45, 2.75) is 50.5 Å². The summed E-state index contributed by atoms with van der Waals surface area (Å²) >= 11 is 6.96. The standard InChI is InChI=1S/C26H30ClF3N6O4S/c1-35(2)25(40)13-4-6-17(19(10-13)33-23(39)24-34-18-8-9-36(3)12-20(18)41-24)32-22(38)21(37)31-16-7-5-14(27)11-15(16)26(28,29)30/h5,7,11,13,17,19H,4,6,8-10,12H2,1-3H3,(H,31,37)(H,32,38)(H,33,39)/t13-,17-,19+/m0/s1. The fourth-order valence-electron chi connectivity index (χ4n) is 5.02. The largest absolute Gasteiger partial charge is 0.418 e. The van der Waals surface area contributed by atoms with Crippen LogP contribution in [0, 0.1) is 5.92 Å². The maximum atomic E-state index is 13.4. The monoisotopic (exact) mass is 614 g/mol. The summed E-state index contributed by atoms with van der Waals surface area (Å²) in [6.07, 6.45) is -3.28. The molecule has 1 aliphatic heterocycles. The maximum absolute atomic E-state index is 13.4. The molecule has 222 valence electrons. The van der Waals surface area contributed by atoms with Gasteiger partial charge in [-0.25, -0.2) is 4.98 Å². The molecule has 0 spiro atoms. The van der Waals surface area contributed by atoms with Gasteiger partial charge in [0.2, 0.25) is 5.91 Å². The molecule has 0 bridgehead atoms. The van der Waals surface area contributed by atoms with Crippen molar-refractivity contribution in [1.82, 2.24) is 25.4 Å². The van der Waals surface area contributed by atoms with Gasteiger partial charge >= 0.3 is 18.0 Å². The van der Waals surface area contributed by atoms with Crippen LogP contribution < -0.4 is 16.0 Å². The van der Waals surface area contributed by atoms with Crippen molar-refractivity contribution < 1.29 is 32.3 Å². The lowest BCUT2D eigenvalue weighted by Gasteiger charge is -2.37. The van der Waals surface area contributed by atoms with E-state index in [0.717, 1.165) is 35.7 Å². The lowest BCUT2D eigenvalue weighted by Crippen LogP contribution is -2.57. The van der Waals surface area contributed by atoms with E-state index in [2.05, 4.69) is 20.5 Å². The molecule has 0 saturated heterocycles. The molecule has 2 heterocycles. The number of carbonyl (C=O) groups excluding carboxylic acids is 4. The minimum Gasteiger partial charge on any atom is -0.349 e. The average Bonchev–Trinajstić information content (AvgIpc) is 3.33. The van der Waals surface area contributed by atoms with E-state index in [1.165, 1.54) is 16.2 Å². The van der Waals surface area contributed by atoms with E-state index in [1.54, 1.807) is 14.1 Å². The zero-order valence-electron chi connectivity index (χ0n) is 22.6. The van der Waals surface area contributed by atoms with Gasteiger partial charge < -0.3 is 25.8 Å². The minimum atomic E-state index is -4.82. The van der Waals surface area contributed by atoms with Gasteiger partial charge in [-0.05, 0) is 44.5 Å². The van der Waals surface area contributed by atoms with Crippen LogP contribution in [0.5, 0.6) is 0 Å². The summed E-state index contributed by atoms with van der Waals surface area (Å²) in [5.74, 6) is -3.52. The van der Waals surface area contributed by atoms with Crippen LogP contribution in [0.15, 0.2) is 18.2 Å². The third-order valence-corrected chi connectivity index (χ3v) is 8.45. The SMILES string of the molecule is CN1CCc2nc(C(=O)N[C@@H]3C[C@@H](C(=O)N(C)C)CC[C@@H]3NC(=O)C(=O)Nc3ccc(Cl)cc3C(F)(F)F)sc2C1. The van der Waals surface area contributed by atoms with Gasteiger partial charge in [-0.2, -0.15) is 13.2 Å². The van der Waals surface area contributed by atoms with Gasteiger partial charge in [-0.3, -0.25) is 19.2 Å². The summed E-state index contributed by atoms with van der Waals surface area (Å²) < 4.78 is 40.3. The molecular weight excluding hydrogens is 585 g/mol. The number of benzene rings is 1. The third-order valence-electron chi connectivity index (χ3n) is 7.13. The Hall–Kier alpha value is -3.23. The van der Waals surface area contributed by atoms with Crippen LogP contribution in [-0.4, -0.2) is 78.2 Å². The Bertz CT molecular complexity index is 1350. The second-order valence-corrected chi connectivity index (χ2v) is 11.9. The highest BCUT2D eigenvalue weighted by Gasteiger charge is 2.38.